The Balaban J connectivity index is 1.81. The minimum Gasteiger partial charge on any atom is -0.491 e. The lowest BCUT2D eigenvalue weighted by Crippen LogP contribution is -2.11. The maximum Gasteiger partial charge on any atom is 0.133 e. The second kappa shape index (κ2) is 6.91. The van der Waals surface area contributed by atoms with Crippen molar-refractivity contribution in [3.63, 3.8) is 0 Å². The summed E-state index contributed by atoms with van der Waals surface area (Å²) in [6.07, 6.45) is 0. The number of ether oxygens (including phenoxy) is 1. The second-order valence-electron chi connectivity index (χ2n) is 3.86. The summed E-state index contributed by atoms with van der Waals surface area (Å²) < 4.78 is 20.5. The fourth-order valence-corrected chi connectivity index (χ4v) is 2.71. The second-order valence-corrected chi connectivity index (χ2v) is 5.63. The molecular weight excluding hydrogens is 377 g/mol. The molecule has 0 unspecified atom stereocenters. The Morgan fingerprint density at radius 3 is 2.68 bits per heavy atom. The predicted octanol–water partition coefficient (Wildman–Crippen LogP) is 4.84. The Kier molecular flexibility index (Phi) is 5.22. The van der Waals surface area contributed by atoms with Gasteiger partial charge in [0.15, 0.2) is 0 Å². The van der Waals surface area contributed by atoms with E-state index in [1.54, 1.807) is 6.07 Å². The number of rotatable bonds is 5. The molecule has 2 rings (SSSR count). The van der Waals surface area contributed by atoms with Gasteiger partial charge in [-0.1, -0.05) is 22.0 Å². The molecule has 0 heterocycles. The van der Waals surface area contributed by atoms with Gasteiger partial charge in [0.2, 0.25) is 0 Å². The van der Waals surface area contributed by atoms with Crippen LogP contribution in [0, 0.1) is 5.82 Å². The van der Waals surface area contributed by atoms with E-state index in [9.17, 15) is 4.39 Å². The van der Waals surface area contributed by atoms with Gasteiger partial charge in [-0.15, -0.1) is 0 Å². The topological polar surface area (TPSA) is 21.3 Å². The molecule has 2 aromatic carbocycles. The van der Waals surface area contributed by atoms with Crippen molar-refractivity contribution in [3.05, 3.63) is 57.2 Å². The maximum atomic E-state index is 13.0. The number of halogens is 3. The summed E-state index contributed by atoms with van der Waals surface area (Å²) in [5.41, 5.74) is 0.749. The van der Waals surface area contributed by atoms with Crippen LogP contribution in [0.5, 0.6) is 5.75 Å². The van der Waals surface area contributed by atoms with Crippen molar-refractivity contribution in [2.45, 2.75) is 0 Å². The minimum absolute atomic E-state index is 0.249. The lowest BCUT2D eigenvalue weighted by atomic mass is 10.3. The quantitative estimate of drug-likeness (QED) is 0.740. The molecule has 0 atom stereocenters. The summed E-state index contributed by atoms with van der Waals surface area (Å²) in [7, 11) is 0. The van der Waals surface area contributed by atoms with Crippen LogP contribution in [0.4, 0.5) is 10.1 Å². The highest BCUT2D eigenvalue weighted by Crippen LogP contribution is 2.28. The highest BCUT2D eigenvalue weighted by molar-refractivity contribution is 9.11. The van der Waals surface area contributed by atoms with Gasteiger partial charge in [0.1, 0.15) is 18.2 Å². The van der Waals surface area contributed by atoms with Crippen molar-refractivity contribution in [1.29, 1.82) is 0 Å². The first-order chi connectivity index (χ1) is 9.15. The largest absolute Gasteiger partial charge is 0.491 e. The molecule has 0 radical (unpaired) electrons. The monoisotopic (exact) mass is 387 g/mol. The fourth-order valence-electron chi connectivity index (χ4n) is 1.55. The van der Waals surface area contributed by atoms with Crippen LogP contribution in [-0.4, -0.2) is 13.2 Å². The highest BCUT2D eigenvalue weighted by Gasteiger charge is 2.01. The van der Waals surface area contributed by atoms with E-state index in [0.717, 1.165) is 20.4 Å². The van der Waals surface area contributed by atoms with E-state index in [2.05, 4.69) is 37.2 Å². The van der Waals surface area contributed by atoms with Crippen LogP contribution in [0.3, 0.4) is 0 Å². The molecule has 0 saturated heterocycles. The molecule has 0 amide bonds. The molecule has 0 spiro atoms. The Bertz CT molecular complexity index is 563. The van der Waals surface area contributed by atoms with Crippen molar-refractivity contribution in [3.8, 4) is 5.75 Å². The average molecular weight is 389 g/mol. The first-order valence-electron chi connectivity index (χ1n) is 5.72. The summed E-state index contributed by atoms with van der Waals surface area (Å²) in [5.74, 6) is 0.533. The molecule has 2 nitrogen and oxygen atoms in total. The lowest BCUT2D eigenvalue weighted by Gasteiger charge is -2.10. The molecule has 19 heavy (non-hydrogen) atoms. The molecule has 5 heteroatoms. The predicted molar refractivity (Wildman–Crippen MR) is 82.2 cm³/mol. The van der Waals surface area contributed by atoms with Crippen LogP contribution in [0.1, 0.15) is 0 Å². The van der Waals surface area contributed by atoms with Gasteiger partial charge in [-0.2, -0.15) is 0 Å². The summed E-state index contributed by atoms with van der Waals surface area (Å²) in [5, 5.41) is 3.10. The van der Waals surface area contributed by atoms with Crippen molar-refractivity contribution < 1.29 is 9.13 Å². The van der Waals surface area contributed by atoms with E-state index in [1.165, 1.54) is 12.1 Å². The van der Waals surface area contributed by atoms with Crippen LogP contribution in [0.15, 0.2) is 51.4 Å². The van der Waals surface area contributed by atoms with Gasteiger partial charge >= 0.3 is 0 Å². The highest BCUT2D eigenvalue weighted by atomic mass is 79.9. The third-order valence-electron chi connectivity index (χ3n) is 2.41. The van der Waals surface area contributed by atoms with Crippen LogP contribution in [0.2, 0.25) is 0 Å². The van der Waals surface area contributed by atoms with Crippen molar-refractivity contribution >= 4 is 37.5 Å². The van der Waals surface area contributed by atoms with Crippen LogP contribution in [0.25, 0.3) is 0 Å². The van der Waals surface area contributed by atoms with Gasteiger partial charge in [-0.05, 0) is 52.3 Å². The van der Waals surface area contributed by atoms with Crippen molar-refractivity contribution in [2.24, 2.45) is 0 Å². The zero-order valence-corrected chi connectivity index (χ0v) is 13.2. The molecule has 2 aromatic rings. The molecule has 0 aromatic heterocycles. The van der Waals surface area contributed by atoms with E-state index in [0.29, 0.717) is 13.2 Å². The number of hydrogen-bond acceptors (Lipinski definition) is 2. The third-order valence-corrected chi connectivity index (χ3v) is 3.52. The SMILES string of the molecule is Fc1cccc(NCCOc2ccc(Br)cc2Br)c1. The first-order valence-corrected chi connectivity index (χ1v) is 7.31. The Labute approximate surface area is 128 Å². The van der Waals surface area contributed by atoms with Gasteiger partial charge in [-0.25, -0.2) is 4.39 Å². The van der Waals surface area contributed by atoms with Gasteiger partial charge in [0.05, 0.1) is 4.47 Å². The lowest BCUT2D eigenvalue weighted by molar-refractivity contribution is 0.331. The maximum absolute atomic E-state index is 13.0. The van der Waals surface area contributed by atoms with E-state index in [-0.39, 0.29) is 5.82 Å². The van der Waals surface area contributed by atoms with Gasteiger partial charge in [-0.3, -0.25) is 0 Å². The zero-order chi connectivity index (χ0) is 13.7. The van der Waals surface area contributed by atoms with E-state index < -0.39 is 0 Å². The molecule has 0 saturated carbocycles. The van der Waals surface area contributed by atoms with E-state index in [1.807, 2.05) is 24.3 Å². The molecule has 0 aliphatic carbocycles. The van der Waals surface area contributed by atoms with Crippen LogP contribution < -0.4 is 10.1 Å². The normalized spacial score (nSPS) is 10.3. The van der Waals surface area contributed by atoms with Crippen molar-refractivity contribution in [1.82, 2.24) is 0 Å². The van der Waals surface area contributed by atoms with Gasteiger partial charge < -0.3 is 10.1 Å². The summed E-state index contributed by atoms with van der Waals surface area (Å²) >= 11 is 6.81. The standard InChI is InChI=1S/C14H12Br2FNO/c15-10-4-5-14(13(16)8-10)19-7-6-18-12-3-1-2-11(17)9-12/h1-5,8-9,18H,6-7H2. The molecule has 0 aliphatic heterocycles. The van der Waals surface area contributed by atoms with Gasteiger partial charge in [0.25, 0.3) is 0 Å². The summed E-state index contributed by atoms with van der Waals surface area (Å²) in [6, 6.07) is 12.1. The van der Waals surface area contributed by atoms with E-state index in [4.69, 9.17) is 4.74 Å². The average Bonchev–Trinajstić information content (AvgIpc) is 2.37. The van der Waals surface area contributed by atoms with Crippen molar-refractivity contribution in [2.75, 3.05) is 18.5 Å². The number of nitrogens with one attached hydrogen (secondary N) is 1. The molecule has 0 fully saturated rings. The molecule has 0 aliphatic rings. The number of hydrogen-bond donors (Lipinski definition) is 1. The Morgan fingerprint density at radius 1 is 1.11 bits per heavy atom. The summed E-state index contributed by atoms with van der Waals surface area (Å²) in [6.45, 7) is 1.10. The molecule has 0 bridgehead atoms. The van der Waals surface area contributed by atoms with Crippen LogP contribution in [-0.2, 0) is 0 Å². The molecule has 100 valence electrons. The Morgan fingerprint density at radius 2 is 1.95 bits per heavy atom. The minimum atomic E-state index is -0.249. The fraction of sp³-hybridized carbons (Fsp3) is 0.143. The zero-order valence-electron chi connectivity index (χ0n) is 10.00. The summed E-state index contributed by atoms with van der Waals surface area (Å²) in [4.78, 5) is 0. The molecule has 1 N–H and O–H groups in total. The Hall–Kier alpha value is -1.07. The number of benzene rings is 2. The van der Waals surface area contributed by atoms with E-state index >= 15 is 0 Å². The van der Waals surface area contributed by atoms with Gasteiger partial charge in [0, 0.05) is 16.7 Å². The number of anilines is 1. The smallest absolute Gasteiger partial charge is 0.133 e. The first kappa shape index (κ1) is 14.3. The van der Waals surface area contributed by atoms with Crippen LogP contribution >= 0.6 is 31.9 Å². The molecular formula is C14H12Br2FNO. The third kappa shape index (κ3) is 4.51.